The average Bonchev–Trinajstić information content (AvgIpc) is 3.15. The van der Waals surface area contributed by atoms with Gasteiger partial charge in [-0.1, -0.05) is 49.2 Å². The average molecular weight is 432 g/mol. The van der Waals surface area contributed by atoms with Crippen molar-refractivity contribution in [2.45, 2.75) is 20.3 Å². The van der Waals surface area contributed by atoms with E-state index in [1.54, 1.807) is 36.1 Å². The molecule has 0 saturated heterocycles. The molecule has 0 bridgehead atoms. The van der Waals surface area contributed by atoms with Crippen molar-refractivity contribution in [1.82, 2.24) is 15.1 Å². The van der Waals surface area contributed by atoms with E-state index in [1.807, 2.05) is 24.3 Å². The van der Waals surface area contributed by atoms with E-state index in [-0.39, 0.29) is 5.91 Å². The largest absolute Gasteiger partial charge is 0.497 e. The number of ether oxygens (including phenoxy) is 1. The number of methoxy groups -OCH3 is 1. The molecular formula is C22H23Cl2N3O2. The number of rotatable bonds is 7. The van der Waals surface area contributed by atoms with E-state index < -0.39 is 0 Å². The molecule has 0 fully saturated rings. The normalized spacial score (nSPS) is 11.0. The first-order chi connectivity index (χ1) is 13.9. The molecule has 0 radical (unpaired) electrons. The molecule has 0 aliphatic rings. The number of aromatic nitrogens is 2. The Bertz CT molecular complexity index is 1020. The van der Waals surface area contributed by atoms with Crippen LogP contribution in [0.2, 0.25) is 10.0 Å². The molecule has 0 aliphatic carbocycles. The van der Waals surface area contributed by atoms with Gasteiger partial charge in [0, 0.05) is 12.1 Å². The molecule has 0 unspecified atom stereocenters. The molecule has 3 rings (SSSR count). The highest BCUT2D eigenvalue weighted by atomic mass is 35.5. The van der Waals surface area contributed by atoms with Crippen LogP contribution in [0, 0.1) is 5.92 Å². The molecule has 1 N–H and O–H groups in total. The second-order valence-corrected chi connectivity index (χ2v) is 7.91. The SMILES string of the molecule is COc1cccc(-c2cc(C(=O)NCCC(C)C)n(-c3ccc(Cl)c(Cl)c3)n2)c1. The van der Waals surface area contributed by atoms with Crippen LogP contribution < -0.4 is 10.1 Å². The molecule has 29 heavy (non-hydrogen) atoms. The summed E-state index contributed by atoms with van der Waals surface area (Å²) >= 11 is 12.2. The van der Waals surface area contributed by atoms with Crippen LogP contribution in [0.1, 0.15) is 30.8 Å². The van der Waals surface area contributed by atoms with Crippen LogP contribution >= 0.6 is 23.2 Å². The summed E-state index contributed by atoms with van der Waals surface area (Å²) < 4.78 is 6.89. The Morgan fingerprint density at radius 1 is 1.14 bits per heavy atom. The van der Waals surface area contributed by atoms with E-state index in [2.05, 4.69) is 24.3 Å². The van der Waals surface area contributed by atoms with Crippen LogP contribution in [-0.2, 0) is 0 Å². The fraction of sp³-hybridized carbons (Fsp3) is 0.273. The van der Waals surface area contributed by atoms with Crippen molar-refractivity contribution in [1.29, 1.82) is 0 Å². The number of hydrogen-bond acceptors (Lipinski definition) is 3. The molecule has 152 valence electrons. The van der Waals surface area contributed by atoms with Crippen molar-refractivity contribution in [3.05, 3.63) is 64.3 Å². The van der Waals surface area contributed by atoms with E-state index in [9.17, 15) is 4.79 Å². The first kappa shape index (κ1) is 21.2. The fourth-order valence-electron chi connectivity index (χ4n) is 2.84. The zero-order valence-electron chi connectivity index (χ0n) is 16.6. The topological polar surface area (TPSA) is 56.1 Å². The van der Waals surface area contributed by atoms with Gasteiger partial charge in [0.1, 0.15) is 11.4 Å². The Morgan fingerprint density at radius 3 is 2.62 bits per heavy atom. The summed E-state index contributed by atoms with van der Waals surface area (Å²) in [5, 5.41) is 8.47. The number of carbonyl (C=O) groups excluding carboxylic acids is 1. The van der Waals surface area contributed by atoms with Gasteiger partial charge in [0.2, 0.25) is 0 Å². The van der Waals surface area contributed by atoms with Crippen molar-refractivity contribution in [2.24, 2.45) is 5.92 Å². The third-order valence-electron chi connectivity index (χ3n) is 4.46. The highest BCUT2D eigenvalue weighted by Crippen LogP contribution is 2.28. The number of nitrogens with zero attached hydrogens (tertiary/aromatic N) is 2. The quantitative estimate of drug-likeness (QED) is 0.527. The summed E-state index contributed by atoms with van der Waals surface area (Å²) in [5.41, 5.74) is 2.58. The Hall–Kier alpha value is -2.50. The Labute approximate surface area is 180 Å². The molecule has 1 aromatic heterocycles. The van der Waals surface area contributed by atoms with Gasteiger partial charge in [-0.3, -0.25) is 4.79 Å². The smallest absolute Gasteiger partial charge is 0.270 e. The maximum atomic E-state index is 12.9. The molecule has 1 amide bonds. The van der Waals surface area contributed by atoms with Gasteiger partial charge in [0.25, 0.3) is 5.91 Å². The maximum absolute atomic E-state index is 12.9. The Balaban J connectivity index is 2.02. The van der Waals surface area contributed by atoms with Crippen molar-refractivity contribution in [2.75, 3.05) is 13.7 Å². The zero-order chi connectivity index (χ0) is 21.0. The van der Waals surface area contributed by atoms with Gasteiger partial charge >= 0.3 is 0 Å². The van der Waals surface area contributed by atoms with Gasteiger partial charge in [-0.15, -0.1) is 0 Å². The molecule has 3 aromatic rings. The lowest BCUT2D eigenvalue weighted by Crippen LogP contribution is -2.27. The van der Waals surface area contributed by atoms with Crippen LogP contribution in [0.15, 0.2) is 48.5 Å². The van der Waals surface area contributed by atoms with E-state index in [0.717, 1.165) is 17.7 Å². The van der Waals surface area contributed by atoms with Crippen LogP contribution in [0.25, 0.3) is 16.9 Å². The summed E-state index contributed by atoms with van der Waals surface area (Å²) in [4.78, 5) is 12.9. The van der Waals surface area contributed by atoms with E-state index in [4.69, 9.17) is 27.9 Å². The second-order valence-electron chi connectivity index (χ2n) is 7.10. The molecule has 5 nitrogen and oxygen atoms in total. The number of hydrogen-bond donors (Lipinski definition) is 1. The van der Waals surface area contributed by atoms with Gasteiger partial charge in [0.05, 0.1) is 28.5 Å². The zero-order valence-corrected chi connectivity index (χ0v) is 18.1. The predicted molar refractivity (Wildman–Crippen MR) is 117 cm³/mol. The first-order valence-corrected chi connectivity index (χ1v) is 10.1. The summed E-state index contributed by atoms with van der Waals surface area (Å²) in [5.74, 6) is 1.02. The van der Waals surface area contributed by atoms with Crippen LogP contribution in [-0.4, -0.2) is 29.3 Å². The lowest BCUT2D eigenvalue weighted by atomic mass is 10.1. The fourth-order valence-corrected chi connectivity index (χ4v) is 3.14. The maximum Gasteiger partial charge on any atom is 0.270 e. The van der Waals surface area contributed by atoms with Crippen molar-refractivity contribution < 1.29 is 9.53 Å². The summed E-state index contributed by atoms with van der Waals surface area (Å²) in [6.45, 7) is 4.83. The molecule has 1 heterocycles. The number of carbonyl (C=O) groups is 1. The molecule has 0 atom stereocenters. The minimum atomic E-state index is -0.196. The van der Waals surface area contributed by atoms with Crippen LogP contribution in [0.4, 0.5) is 0 Å². The number of nitrogens with one attached hydrogen (secondary N) is 1. The van der Waals surface area contributed by atoms with Crippen LogP contribution in [0.5, 0.6) is 5.75 Å². The van der Waals surface area contributed by atoms with E-state index in [0.29, 0.717) is 39.6 Å². The summed E-state index contributed by atoms with van der Waals surface area (Å²) in [6.07, 6.45) is 0.898. The summed E-state index contributed by atoms with van der Waals surface area (Å²) in [7, 11) is 1.61. The number of halogens is 2. The summed E-state index contributed by atoms with van der Waals surface area (Å²) in [6, 6.07) is 14.5. The molecule has 0 spiro atoms. The van der Waals surface area contributed by atoms with Crippen molar-refractivity contribution in [3.63, 3.8) is 0 Å². The lowest BCUT2D eigenvalue weighted by molar-refractivity contribution is 0.0944. The predicted octanol–water partition coefficient (Wildman–Crippen LogP) is 5.63. The number of benzene rings is 2. The molecule has 2 aromatic carbocycles. The molecule has 7 heteroatoms. The second kappa shape index (κ2) is 9.33. The Morgan fingerprint density at radius 2 is 1.93 bits per heavy atom. The van der Waals surface area contributed by atoms with Crippen LogP contribution in [0.3, 0.4) is 0 Å². The highest BCUT2D eigenvalue weighted by Gasteiger charge is 2.18. The Kier molecular flexibility index (Phi) is 6.83. The van der Waals surface area contributed by atoms with Gasteiger partial charge in [-0.05, 0) is 48.7 Å². The standard InChI is InChI=1S/C22H23Cl2N3O2/c1-14(2)9-10-25-22(28)21-13-20(15-5-4-6-17(11-15)29-3)26-27(21)16-7-8-18(23)19(24)12-16/h4-8,11-14H,9-10H2,1-3H3,(H,25,28). The first-order valence-electron chi connectivity index (χ1n) is 9.37. The van der Waals surface area contributed by atoms with Gasteiger partial charge < -0.3 is 10.1 Å². The minimum Gasteiger partial charge on any atom is -0.497 e. The van der Waals surface area contributed by atoms with E-state index in [1.165, 1.54) is 0 Å². The molecule has 0 saturated carbocycles. The van der Waals surface area contributed by atoms with Crippen molar-refractivity contribution in [3.8, 4) is 22.7 Å². The minimum absolute atomic E-state index is 0.196. The lowest BCUT2D eigenvalue weighted by Gasteiger charge is -2.10. The number of amides is 1. The van der Waals surface area contributed by atoms with Gasteiger partial charge in [0.15, 0.2) is 0 Å². The third-order valence-corrected chi connectivity index (χ3v) is 5.20. The van der Waals surface area contributed by atoms with Crippen molar-refractivity contribution >= 4 is 29.1 Å². The highest BCUT2D eigenvalue weighted by molar-refractivity contribution is 6.42. The molecular weight excluding hydrogens is 409 g/mol. The monoisotopic (exact) mass is 431 g/mol. The van der Waals surface area contributed by atoms with E-state index >= 15 is 0 Å². The third kappa shape index (κ3) is 5.11. The van der Waals surface area contributed by atoms with Gasteiger partial charge in [-0.2, -0.15) is 5.10 Å². The van der Waals surface area contributed by atoms with Gasteiger partial charge in [-0.25, -0.2) is 4.68 Å². The molecule has 0 aliphatic heterocycles.